The van der Waals surface area contributed by atoms with E-state index in [4.69, 9.17) is 9.47 Å². The second kappa shape index (κ2) is 6.16. The average molecular weight is 279 g/mol. The standard InChI is InChI=1S/C15H21NO2S/c1-2-16-15(14-10-19-8-7-18-14)12-3-4-13-11(9-12)5-6-17-13/h3-4,9,14-16H,2,5-8,10H2,1H3. The molecule has 0 aromatic heterocycles. The van der Waals surface area contributed by atoms with Crippen LogP contribution in [0.5, 0.6) is 5.75 Å². The Morgan fingerprint density at radius 2 is 2.37 bits per heavy atom. The maximum Gasteiger partial charge on any atom is 0.122 e. The largest absolute Gasteiger partial charge is 0.493 e. The van der Waals surface area contributed by atoms with E-state index < -0.39 is 0 Å². The van der Waals surface area contributed by atoms with Crippen molar-refractivity contribution in [1.82, 2.24) is 5.32 Å². The van der Waals surface area contributed by atoms with E-state index in [2.05, 4.69) is 30.4 Å². The Hall–Kier alpha value is -0.710. The van der Waals surface area contributed by atoms with Crippen LogP contribution in [0, 0.1) is 0 Å². The van der Waals surface area contributed by atoms with E-state index in [1.54, 1.807) is 0 Å². The van der Waals surface area contributed by atoms with Crippen molar-refractivity contribution in [3.63, 3.8) is 0 Å². The minimum atomic E-state index is 0.277. The van der Waals surface area contributed by atoms with Crippen LogP contribution in [-0.4, -0.2) is 37.4 Å². The molecule has 1 saturated heterocycles. The Morgan fingerprint density at radius 1 is 1.42 bits per heavy atom. The minimum absolute atomic E-state index is 0.277. The van der Waals surface area contributed by atoms with E-state index in [1.165, 1.54) is 11.1 Å². The van der Waals surface area contributed by atoms with Gasteiger partial charge in [-0.15, -0.1) is 0 Å². The monoisotopic (exact) mass is 279 g/mol. The normalized spacial score (nSPS) is 23.7. The lowest BCUT2D eigenvalue weighted by Gasteiger charge is -2.31. The topological polar surface area (TPSA) is 30.5 Å². The predicted molar refractivity (Wildman–Crippen MR) is 79.1 cm³/mol. The van der Waals surface area contributed by atoms with Gasteiger partial charge in [0.05, 0.1) is 25.4 Å². The Morgan fingerprint density at radius 3 is 3.16 bits per heavy atom. The number of nitrogens with one attached hydrogen (secondary N) is 1. The molecule has 1 N–H and O–H groups in total. The van der Waals surface area contributed by atoms with Crippen molar-refractivity contribution in [2.45, 2.75) is 25.5 Å². The fourth-order valence-corrected chi connectivity index (χ4v) is 3.68. The van der Waals surface area contributed by atoms with Crippen LogP contribution in [0.2, 0.25) is 0 Å². The third kappa shape index (κ3) is 2.91. The first-order chi connectivity index (χ1) is 9.38. The zero-order chi connectivity index (χ0) is 13.1. The van der Waals surface area contributed by atoms with Gasteiger partial charge in [-0.2, -0.15) is 11.8 Å². The molecule has 0 spiro atoms. The number of likely N-dealkylation sites (N-methyl/N-ethyl adjacent to an activating group) is 1. The molecule has 0 radical (unpaired) electrons. The average Bonchev–Trinajstić information content (AvgIpc) is 2.93. The molecule has 1 aromatic carbocycles. The molecule has 0 aliphatic carbocycles. The number of benzene rings is 1. The third-order valence-corrected chi connectivity index (χ3v) is 4.73. The van der Waals surface area contributed by atoms with Gasteiger partial charge in [0.1, 0.15) is 5.75 Å². The molecule has 2 heterocycles. The van der Waals surface area contributed by atoms with Crippen LogP contribution < -0.4 is 10.1 Å². The first kappa shape index (κ1) is 13.3. The van der Waals surface area contributed by atoms with Crippen molar-refractivity contribution in [3.8, 4) is 5.75 Å². The number of fused-ring (bicyclic) bond motifs is 1. The smallest absolute Gasteiger partial charge is 0.122 e. The molecule has 3 nitrogen and oxygen atoms in total. The van der Waals surface area contributed by atoms with Crippen molar-refractivity contribution < 1.29 is 9.47 Å². The highest BCUT2D eigenvalue weighted by Gasteiger charge is 2.26. The summed E-state index contributed by atoms with van der Waals surface area (Å²) in [6.45, 7) is 4.80. The summed E-state index contributed by atoms with van der Waals surface area (Å²) >= 11 is 1.99. The summed E-state index contributed by atoms with van der Waals surface area (Å²) in [5, 5.41) is 3.58. The molecule has 1 fully saturated rings. The lowest BCUT2D eigenvalue weighted by molar-refractivity contribution is 0.0472. The van der Waals surface area contributed by atoms with E-state index in [9.17, 15) is 0 Å². The molecule has 2 aliphatic rings. The van der Waals surface area contributed by atoms with Crippen LogP contribution >= 0.6 is 11.8 Å². The number of hydrogen-bond donors (Lipinski definition) is 1. The van der Waals surface area contributed by atoms with Gasteiger partial charge >= 0.3 is 0 Å². The first-order valence-corrected chi connectivity index (χ1v) is 8.22. The molecule has 0 saturated carbocycles. The molecule has 0 bridgehead atoms. The van der Waals surface area contributed by atoms with E-state index in [0.717, 1.165) is 43.4 Å². The second-order valence-corrected chi connectivity index (χ2v) is 6.13. The number of rotatable bonds is 4. The molecule has 2 atom stereocenters. The molecule has 2 unspecified atom stereocenters. The molecule has 4 heteroatoms. The Balaban J connectivity index is 1.82. The van der Waals surface area contributed by atoms with E-state index in [0.29, 0.717) is 6.04 Å². The maximum absolute atomic E-state index is 5.95. The van der Waals surface area contributed by atoms with Gasteiger partial charge in [-0.05, 0) is 23.7 Å². The van der Waals surface area contributed by atoms with E-state index in [1.807, 2.05) is 11.8 Å². The van der Waals surface area contributed by atoms with Crippen molar-refractivity contribution in [1.29, 1.82) is 0 Å². The summed E-state index contributed by atoms with van der Waals surface area (Å²) < 4.78 is 11.5. The molecule has 3 rings (SSSR count). The number of thioether (sulfide) groups is 1. The quantitative estimate of drug-likeness (QED) is 0.917. The summed E-state index contributed by atoms with van der Waals surface area (Å²) in [6.07, 6.45) is 1.31. The summed E-state index contributed by atoms with van der Waals surface area (Å²) in [4.78, 5) is 0. The Labute approximate surface area is 119 Å². The summed E-state index contributed by atoms with van der Waals surface area (Å²) in [5.74, 6) is 3.25. The van der Waals surface area contributed by atoms with E-state index >= 15 is 0 Å². The van der Waals surface area contributed by atoms with Gasteiger partial charge in [-0.25, -0.2) is 0 Å². The van der Waals surface area contributed by atoms with Gasteiger partial charge in [0.25, 0.3) is 0 Å². The molecular weight excluding hydrogens is 258 g/mol. The highest BCUT2D eigenvalue weighted by molar-refractivity contribution is 7.99. The zero-order valence-electron chi connectivity index (χ0n) is 11.4. The summed E-state index contributed by atoms with van der Waals surface area (Å²) in [6, 6.07) is 6.87. The lowest BCUT2D eigenvalue weighted by Crippen LogP contribution is -2.38. The van der Waals surface area contributed by atoms with Crippen LogP contribution in [0.15, 0.2) is 18.2 Å². The van der Waals surface area contributed by atoms with Gasteiger partial charge in [0.2, 0.25) is 0 Å². The zero-order valence-corrected chi connectivity index (χ0v) is 12.2. The predicted octanol–water partition coefficient (Wildman–Crippen LogP) is 2.40. The van der Waals surface area contributed by atoms with E-state index in [-0.39, 0.29) is 6.10 Å². The fraction of sp³-hybridized carbons (Fsp3) is 0.600. The van der Waals surface area contributed by atoms with Crippen molar-refractivity contribution in [3.05, 3.63) is 29.3 Å². The third-order valence-electron chi connectivity index (χ3n) is 3.71. The molecule has 2 aliphatic heterocycles. The SMILES string of the molecule is CCNC(c1ccc2c(c1)CCO2)C1CSCCO1. The van der Waals surface area contributed by atoms with Gasteiger partial charge in [0, 0.05) is 17.9 Å². The van der Waals surface area contributed by atoms with Crippen LogP contribution in [-0.2, 0) is 11.2 Å². The van der Waals surface area contributed by atoms with Gasteiger partial charge in [-0.1, -0.05) is 19.1 Å². The molecule has 104 valence electrons. The number of ether oxygens (including phenoxy) is 2. The second-order valence-electron chi connectivity index (χ2n) is 4.99. The summed E-state index contributed by atoms with van der Waals surface area (Å²) in [5.41, 5.74) is 2.67. The van der Waals surface area contributed by atoms with Crippen LogP contribution in [0.25, 0.3) is 0 Å². The highest BCUT2D eigenvalue weighted by atomic mass is 32.2. The van der Waals surface area contributed by atoms with Crippen molar-refractivity contribution in [2.24, 2.45) is 0 Å². The molecule has 1 aromatic rings. The molecule has 19 heavy (non-hydrogen) atoms. The minimum Gasteiger partial charge on any atom is -0.493 e. The maximum atomic E-state index is 5.95. The Kier molecular flexibility index (Phi) is 4.31. The van der Waals surface area contributed by atoms with Crippen LogP contribution in [0.4, 0.5) is 0 Å². The van der Waals surface area contributed by atoms with Gasteiger partial charge < -0.3 is 14.8 Å². The van der Waals surface area contributed by atoms with Crippen LogP contribution in [0.3, 0.4) is 0 Å². The highest BCUT2D eigenvalue weighted by Crippen LogP contribution is 2.31. The Bertz CT molecular complexity index is 432. The fourth-order valence-electron chi connectivity index (χ4n) is 2.78. The van der Waals surface area contributed by atoms with Gasteiger partial charge in [0.15, 0.2) is 0 Å². The van der Waals surface area contributed by atoms with Crippen molar-refractivity contribution in [2.75, 3.05) is 31.3 Å². The summed E-state index contributed by atoms with van der Waals surface area (Å²) in [7, 11) is 0. The first-order valence-electron chi connectivity index (χ1n) is 7.07. The lowest BCUT2D eigenvalue weighted by atomic mass is 9.99. The van der Waals surface area contributed by atoms with Gasteiger partial charge in [-0.3, -0.25) is 0 Å². The number of hydrogen-bond acceptors (Lipinski definition) is 4. The van der Waals surface area contributed by atoms with Crippen molar-refractivity contribution >= 4 is 11.8 Å². The van der Waals surface area contributed by atoms with Crippen LogP contribution in [0.1, 0.15) is 24.1 Å². The molecular formula is C15H21NO2S. The molecule has 0 amide bonds.